The first-order chi connectivity index (χ1) is 9.00. The van der Waals surface area contributed by atoms with Crippen LogP contribution in [0.4, 0.5) is 0 Å². The standard InChI is InChI=1S/C18H24O/c1-5-6-11-19-17-10-8-14-12-16(18(2,3)4)9-7-15(14)13-17/h7-10,12-13H,5-6,11H2,1-4H3. The van der Waals surface area contributed by atoms with Crippen molar-refractivity contribution in [3.8, 4) is 5.75 Å². The van der Waals surface area contributed by atoms with Gasteiger partial charge in [0, 0.05) is 0 Å². The third-order valence-electron chi connectivity index (χ3n) is 3.44. The van der Waals surface area contributed by atoms with Crippen LogP contribution in [0.25, 0.3) is 10.8 Å². The molecule has 0 amide bonds. The summed E-state index contributed by atoms with van der Waals surface area (Å²) in [6, 6.07) is 13.1. The van der Waals surface area contributed by atoms with E-state index in [1.54, 1.807) is 0 Å². The smallest absolute Gasteiger partial charge is 0.119 e. The summed E-state index contributed by atoms with van der Waals surface area (Å²) < 4.78 is 5.75. The lowest BCUT2D eigenvalue weighted by Crippen LogP contribution is -2.10. The minimum atomic E-state index is 0.199. The fraction of sp³-hybridized carbons (Fsp3) is 0.444. The van der Waals surface area contributed by atoms with E-state index in [2.05, 4.69) is 64.1 Å². The zero-order valence-electron chi connectivity index (χ0n) is 12.5. The van der Waals surface area contributed by atoms with Crippen molar-refractivity contribution in [2.75, 3.05) is 6.61 Å². The molecule has 2 aromatic rings. The second kappa shape index (κ2) is 5.64. The molecule has 0 aliphatic rings. The third-order valence-corrected chi connectivity index (χ3v) is 3.44. The van der Waals surface area contributed by atoms with Crippen LogP contribution in [0.2, 0.25) is 0 Å². The van der Waals surface area contributed by atoms with E-state index < -0.39 is 0 Å². The topological polar surface area (TPSA) is 9.23 Å². The number of rotatable bonds is 4. The third kappa shape index (κ3) is 3.50. The Morgan fingerprint density at radius 2 is 1.63 bits per heavy atom. The number of fused-ring (bicyclic) bond motifs is 1. The van der Waals surface area contributed by atoms with Gasteiger partial charge in [0.2, 0.25) is 0 Å². The Balaban J connectivity index is 2.25. The molecule has 0 radical (unpaired) electrons. The monoisotopic (exact) mass is 256 g/mol. The second-order valence-electron chi connectivity index (χ2n) is 6.18. The molecule has 1 nitrogen and oxygen atoms in total. The van der Waals surface area contributed by atoms with E-state index in [-0.39, 0.29) is 5.41 Å². The number of benzene rings is 2. The summed E-state index contributed by atoms with van der Waals surface area (Å²) in [5.74, 6) is 0.976. The number of unbranched alkanes of at least 4 members (excludes halogenated alkanes) is 1. The fourth-order valence-electron chi connectivity index (χ4n) is 2.11. The average molecular weight is 256 g/mol. The summed E-state index contributed by atoms with van der Waals surface area (Å²) in [5.41, 5.74) is 1.57. The highest BCUT2D eigenvalue weighted by Gasteiger charge is 2.13. The molecule has 0 atom stereocenters. The van der Waals surface area contributed by atoms with Crippen molar-refractivity contribution < 1.29 is 4.74 Å². The van der Waals surface area contributed by atoms with Gasteiger partial charge in [0.1, 0.15) is 5.75 Å². The molecule has 0 aliphatic heterocycles. The van der Waals surface area contributed by atoms with E-state index in [9.17, 15) is 0 Å². The lowest BCUT2D eigenvalue weighted by atomic mass is 9.86. The molecule has 0 saturated heterocycles. The lowest BCUT2D eigenvalue weighted by molar-refractivity contribution is 0.310. The second-order valence-corrected chi connectivity index (χ2v) is 6.18. The molecule has 0 bridgehead atoms. The Labute approximate surface area is 116 Å². The highest BCUT2D eigenvalue weighted by atomic mass is 16.5. The molecular weight excluding hydrogens is 232 g/mol. The zero-order valence-corrected chi connectivity index (χ0v) is 12.5. The van der Waals surface area contributed by atoms with Gasteiger partial charge in [0.25, 0.3) is 0 Å². The number of hydrogen-bond donors (Lipinski definition) is 0. The van der Waals surface area contributed by atoms with Gasteiger partial charge in [0.15, 0.2) is 0 Å². The van der Waals surface area contributed by atoms with Crippen LogP contribution >= 0.6 is 0 Å². The van der Waals surface area contributed by atoms with Gasteiger partial charge < -0.3 is 4.74 Å². The molecule has 102 valence electrons. The molecule has 0 spiro atoms. The number of ether oxygens (including phenoxy) is 1. The Morgan fingerprint density at radius 3 is 2.32 bits per heavy atom. The highest BCUT2D eigenvalue weighted by molar-refractivity contribution is 5.84. The van der Waals surface area contributed by atoms with Crippen LogP contribution in [0.5, 0.6) is 5.75 Å². The predicted molar refractivity (Wildman–Crippen MR) is 83.1 cm³/mol. The molecule has 0 fully saturated rings. The van der Waals surface area contributed by atoms with Crippen molar-refractivity contribution >= 4 is 10.8 Å². The van der Waals surface area contributed by atoms with Crippen molar-refractivity contribution in [2.24, 2.45) is 0 Å². The molecule has 0 aliphatic carbocycles. The van der Waals surface area contributed by atoms with Gasteiger partial charge in [-0.15, -0.1) is 0 Å². The van der Waals surface area contributed by atoms with Crippen LogP contribution < -0.4 is 4.74 Å². The molecule has 0 saturated carbocycles. The summed E-state index contributed by atoms with van der Waals surface area (Å²) in [6.07, 6.45) is 2.28. The van der Waals surface area contributed by atoms with Crippen LogP contribution in [0, 0.1) is 0 Å². The Morgan fingerprint density at radius 1 is 0.947 bits per heavy atom. The van der Waals surface area contributed by atoms with E-state index in [1.165, 1.54) is 22.8 Å². The largest absolute Gasteiger partial charge is 0.494 e. The average Bonchev–Trinajstić information content (AvgIpc) is 2.37. The van der Waals surface area contributed by atoms with E-state index in [0.29, 0.717) is 0 Å². The summed E-state index contributed by atoms with van der Waals surface area (Å²) in [5, 5.41) is 2.54. The molecule has 19 heavy (non-hydrogen) atoms. The molecule has 0 heterocycles. The molecular formula is C18H24O. The van der Waals surface area contributed by atoms with Gasteiger partial charge in [-0.3, -0.25) is 0 Å². The lowest BCUT2D eigenvalue weighted by Gasteiger charge is -2.19. The molecule has 0 unspecified atom stereocenters. The first-order valence-corrected chi connectivity index (χ1v) is 7.18. The van der Waals surface area contributed by atoms with Gasteiger partial charge >= 0.3 is 0 Å². The van der Waals surface area contributed by atoms with Crippen LogP contribution in [0.3, 0.4) is 0 Å². The van der Waals surface area contributed by atoms with Crippen molar-refractivity contribution in [3.05, 3.63) is 42.0 Å². The van der Waals surface area contributed by atoms with E-state index >= 15 is 0 Å². The summed E-state index contributed by atoms with van der Waals surface area (Å²) >= 11 is 0. The van der Waals surface area contributed by atoms with Gasteiger partial charge in [0.05, 0.1) is 6.61 Å². The van der Waals surface area contributed by atoms with Crippen LogP contribution in [-0.2, 0) is 5.41 Å². The molecule has 2 rings (SSSR count). The summed E-state index contributed by atoms with van der Waals surface area (Å²) in [7, 11) is 0. The fourth-order valence-corrected chi connectivity index (χ4v) is 2.11. The SMILES string of the molecule is CCCCOc1ccc2cc(C(C)(C)C)ccc2c1. The molecule has 1 heteroatoms. The zero-order chi connectivity index (χ0) is 13.9. The van der Waals surface area contributed by atoms with Gasteiger partial charge in [-0.25, -0.2) is 0 Å². The van der Waals surface area contributed by atoms with Crippen LogP contribution in [0.15, 0.2) is 36.4 Å². The van der Waals surface area contributed by atoms with Crippen molar-refractivity contribution in [1.82, 2.24) is 0 Å². The normalized spacial score (nSPS) is 11.8. The van der Waals surface area contributed by atoms with Crippen molar-refractivity contribution in [3.63, 3.8) is 0 Å². The highest BCUT2D eigenvalue weighted by Crippen LogP contribution is 2.28. The van der Waals surface area contributed by atoms with Crippen LogP contribution in [-0.4, -0.2) is 6.61 Å². The summed E-state index contributed by atoms with van der Waals surface area (Å²) in [6.45, 7) is 9.73. The Hall–Kier alpha value is -1.50. The van der Waals surface area contributed by atoms with E-state index in [4.69, 9.17) is 4.74 Å². The maximum Gasteiger partial charge on any atom is 0.119 e. The minimum Gasteiger partial charge on any atom is -0.494 e. The minimum absolute atomic E-state index is 0.199. The molecule has 0 N–H and O–H groups in total. The maximum atomic E-state index is 5.75. The number of hydrogen-bond acceptors (Lipinski definition) is 1. The van der Waals surface area contributed by atoms with E-state index in [1.807, 2.05) is 0 Å². The first kappa shape index (κ1) is 13.9. The first-order valence-electron chi connectivity index (χ1n) is 7.18. The van der Waals surface area contributed by atoms with Crippen LogP contribution in [0.1, 0.15) is 46.1 Å². The molecule has 2 aromatic carbocycles. The maximum absolute atomic E-state index is 5.75. The van der Waals surface area contributed by atoms with Crippen molar-refractivity contribution in [2.45, 2.75) is 46.0 Å². The van der Waals surface area contributed by atoms with Crippen molar-refractivity contribution in [1.29, 1.82) is 0 Å². The summed E-state index contributed by atoms with van der Waals surface area (Å²) in [4.78, 5) is 0. The van der Waals surface area contributed by atoms with Gasteiger partial charge in [-0.1, -0.05) is 58.4 Å². The predicted octanol–water partition coefficient (Wildman–Crippen LogP) is 5.32. The Kier molecular flexibility index (Phi) is 4.14. The van der Waals surface area contributed by atoms with Gasteiger partial charge in [-0.2, -0.15) is 0 Å². The Bertz CT molecular complexity index is 549. The molecule has 0 aromatic heterocycles. The van der Waals surface area contributed by atoms with E-state index in [0.717, 1.165) is 18.8 Å². The van der Waals surface area contributed by atoms with Gasteiger partial charge in [-0.05, 0) is 40.3 Å². The quantitative estimate of drug-likeness (QED) is 0.673.